The third-order valence-electron chi connectivity index (χ3n) is 6.01. The molecule has 4 nitrogen and oxygen atoms in total. The topological polar surface area (TPSA) is 52.6 Å². The number of rotatable bonds is 20. The first-order valence-electron chi connectivity index (χ1n) is 13.2. The van der Waals surface area contributed by atoms with E-state index < -0.39 is 0 Å². The average molecular weight is 441 g/mol. The van der Waals surface area contributed by atoms with Crippen LogP contribution in [0.3, 0.4) is 0 Å². The van der Waals surface area contributed by atoms with Crippen molar-refractivity contribution < 1.29 is 19.1 Å². The molecule has 31 heavy (non-hydrogen) atoms. The zero-order chi connectivity index (χ0) is 23.5. The Balaban J connectivity index is 3.63. The molecule has 0 fully saturated rings. The predicted molar refractivity (Wildman–Crippen MR) is 130 cm³/mol. The summed E-state index contributed by atoms with van der Waals surface area (Å²) in [6.45, 7) is 12.0. The zero-order valence-electron chi connectivity index (χ0n) is 21.5. The first kappa shape index (κ1) is 29.9. The third kappa shape index (κ3) is 17.2. The van der Waals surface area contributed by atoms with Crippen LogP contribution in [0.2, 0.25) is 0 Å². The summed E-state index contributed by atoms with van der Waals surface area (Å²) in [6.07, 6.45) is 17.3. The Morgan fingerprint density at radius 1 is 0.613 bits per heavy atom. The molecule has 0 radical (unpaired) electrons. The molecule has 0 saturated heterocycles. The van der Waals surface area contributed by atoms with Gasteiger partial charge in [0.15, 0.2) is 0 Å². The summed E-state index contributed by atoms with van der Waals surface area (Å²) in [7, 11) is 0. The van der Waals surface area contributed by atoms with Gasteiger partial charge >= 0.3 is 11.9 Å². The van der Waals surface area contributed by atoms with Crippen LogP contribution in [0, 0.1) is 11.8 Å². The van der Waals surface area contributed by atoms with Crippen molar-refractivity contribution in [3.05, 3.63) is 0 Å². The van der Waals surface area contributed by atoms with Crippen LogP contribution in [0.15, 0.2) is 0 Å². The Morgan fingerprint density at radius 2 is 1.06 bits per heavy atom. The summed E-state index contributed by atoms with van der Waals surface area (Å²) >= 11 is 0. The molecular weight excluding hydrogens is 388 g/mol. The summed E-state index contributed by atoms with van der Waals surface area (Å²) < 4.78 is 10.6. The van der Waals surface area contributed by atoms with Gasteiger partial charge in [0.1, 0.15) is 0 Å². The molecule has 0 aromatic carbocycles. The van der Waals surface area contributed by atoms with Gasteiger partial charge in [-0.05, 0) is 52.9 Å². The Kier molecular flexibility index (Phi) is 18.9. The van der Waals surface area contributed by atoms with Gasteiger partial charge < -0.3 is 9.47 Å². The van der Waals surface area contributed by atoms with Crippen LogP contribution in [0.1, 0.15) is 138 Å². The molecule has 0 saturated carbocycles. The minimum absolute atomic E-state index is 0.000147. The van der Waals surface area contributed by atoms with Gasteiger partial charge in [-0.25, -0.2) is 0 Å². The van der Waals surface area contributed by atoms with Gasteiger partial charge in [-0.15, -0.1) is 0 Å². The van der Waals surface area contributed by atoms with Gasteiger partial charge in [-0.1, -0.05) is 84.5 Å². The molecule has 4 heteroatoms. The molecule has 0 aliphatic heterocycles. The van der Waals surface area contributed by atoms with Crippen molar-refractivity contribution in [2.45, 2.75) is 150 Å². The maximum atomic E-state index is 12.3. The van der Waals surface area contributed by atoms with Crippen molar-refractivity contribution >= 4 is 11.9 Å². The van der Waals surface area contributed by atoms with Gasteiger partial charge in [0.25, 0.3) is 0 Å². The minimum atomic E-state index is -0.0547. The largest absolute Gasteiger partial charge is 0.463 e. The van der Waals surface area contributed by atoms with E-state index in [-0.39, 0.29) is 30.1 Å². The molecule has 0 bridgehead atoms. The summed E-state index contributed by atoms with van der Waals surface area (Å²) in [4.78, 5) is 23.8. The van der Waals surface area contributed by atoms with Crippen LogP contribution in [0.25, 0.3) is 0 Å². The number of hydrogen-bond acceptors (Lipinski definition) is 4. The van der Waals surface area contributed by atoms with Crippen molar-refractivity contribution in [2.24, 2.45) is 11.8 Å². The standard InChI is InChI=1S/C27H52O4/c1-7-24(25(8-2)27(29)31-23(5)6)20-18-16-14-12-10-9-11-13-15-17-19-21-26(28)30-22(3)4/h22-25H,7-21H2,1-6H3. The molecule has 184 valence electrons. The first-order chi connectivity index (χ1) is 14.8. The fraction of sp³-hybridized carbons (Fsp3) is 0.926. The molecule has 0 aromatic rings. The Morgan fingerprint density at radius 3 is 1.48 bits per heavy atom. The molecule has 0 spiro atoms. The third-order valence-corrected chi connectivity index (χ3v) is 6.01. The average Bonchev–Trinajstić information content (AvgIpc) is 2.69. The van der Waals surface area contributed by atoms with Gasteiger partial charge in [0.05, 0.1) is 18.1 Å². The number of hydrogen-bond donors (Lipinski definition) is 0. The maximum absolute atomic E-state index is 12.3. The van der Waals surface area contributed by atoms with Gasteiger partial charge in [0, 0.05) is 6.42 Å². The van der Waals surface area contributed by atoms with E-state index in [1.54, 1.807) is 0 Å². The highest BCUT2D eigenvalue weighted by Gasteiger charge is 2.27. The van der Waals surface area contributed by atoms with Crippen molar-refractivity contribution in [3.63, 3.8) is 0 Å². The number of unbranched alkanes of at least 4 members (excludes halogenated alkanes) is 10. The van der Waals surface area contributed by atoms with Crippen LogP contribution in [-0.2, 0) is 19.1 Å². The van der Waals surface area contributed by atoms with E-state index in [2.05, 4.69) is 13.8 Å². The summed E-state index contributed by atoms with van der Waals surface area (Å²) in [6, 6.07) is 0. The normalized spacial score (nSPS) is 13.4. The lowest BCUT2D eigenvalue weighted by atomic mass is 9.84. The number of ether oxygens (including phenoxy) is 2. The van der Waals surface area contributed by atoms with E-state index in [0.29, 0.717) is 12.3 Å². The maximum Gasteiger partial charge on any atom is 0.309 e. The van der Waals surface area contributed by atoms with Gasteiger partial charge in [-0.2, -0.15) is 0 Å². The van der Waals surface area contributed by atoms with Crippen LogP contribution in [0.4, 0.5) is 0 Å². The molecule has 0 rings (SSSR count). The Bertz CT molecular complexity index is 445. The molecule has 0 amide bonds. The Hall–Kier alpha value is -1.06. The highest BCUT2D eigenvalue weighted by molar-refractivity contribution is 5.72. The van der Waals surface area contributed by atoms with Gasteiger partial charge in [0.2, 0.25) is 0 Å². The quantitative estimate of drug-likeness (QED) is 0.142. The number of esters is 2. The zero-order valence-corrected chi connectivity index (χ0v) is 21.5. The molecule has 0 aromatic heterocycles. The number of carbonyl (C=O) groups is 2. The lowest BCUT2D eigenvalue weighted by Crippen LogP contribution is -2.27. The monoisotopic (exact) mass is 440 g/mol. The highest BCUT2D eigenvalue weighted by Crippen LogP contribution is 2.27. The van der Waals surface area contributed by atoms with Crippen molar-refractivity contribution in [2.75, 3.05) is 0 Å². The van der Waals surface area contributed by atoms with E-state index in [0.717, 1.165) is 32.1 Å². The SMILES string of the molecule is CCC(CCCCCCCCCCCCCC(=O)OC(C)C)C(CC)C(=O)OC(C)C. The highest BCUT2D eigenvalue weighted by atomic mass is 16.5. The molecule has 0 aliphatic rings. The summed E-state index contributed by atoms with van der Waals surface area (Å²) in [5, 5.41) is 0. The molecule has 0 aliphatic carbocycles. The van der Waals surface area contributed by atoms with E-state index in [4.69, 9.17) is 9.47 Å². The van der Waals surface area contributed by atoms with Crippen molar-refractivity contribution in [1.29, 1.82) is 0 Å². The van der Waals surface area contributed by atoms with Gasteiger partial charge in [-0.3, -0.25) is 9.59 Å². The number of carbonyl (C=O) groups excluding carboxylic acids is 2. The van der Waals surface area contributed by atoms with Crippen LogP contribution in [0.5, 0.6) is 0 Å². The second-order valence-electron chi connectivity index (χ2n) is 9.64. The summed E-state index contributed by atoms with van der Waals surface area (Å²) in [5.41, 5.74) is 0. The van der Waals surface area contributed by atoms with Crippen LogP contribution < -0.4 is 0 Å². The van der Waals surface area contributed by atoms with E-state index in [1.807, 2.05) is 27.7 Å². The molecule has 2 unspecified atom stereocenters. The van der Waals surface area contributed by atoms with E-state index >= 15 is 0 Å². The Labute approximate surface area is 193 Å². The van der Waals surface area contributed by atoms with Crippen LogP contribution in [-0.4, -0.2) is 24.1 Å². The van der Waals surface area contributed by atoms with E-state index in [1.165, 1.54) is 57.8 Å². The molecular formula is C27H52O4. The molecule has 0 N–H and O–H groups in total. The summed E-state index contributed by atoms with van der Waals surface area (Å²) in [5.74, 6) is 0.470. The molecule has 2 atom stereocenters. The van der Waals surface area contributed by atoms with E-state index in [9.17, 15) is 9.59 Å². The fourth-order valence-corrected chi connectivity index (χ4v) is 4.29. The smallest absolute Gasteiger partial charge is 0.309 e. The fourth-order valence-electron chi connectivity index (χ4n) is 4.29. The minimum Gasteiger partial charge on any atom is -0.463 e. The van der Waals surface area contributed by atoms with Crippen molar-refractivity contribution in [1.82, 2.24) is 0 Å². The lowest BCUT2D eigenvalue weighted by molar-refractivity contribution is -0.155. The predicted octanol–water partition coefficient (Wildman–Crippen LogP) is 8.01. The lowest BCUT2D eigenvalue weighted by Gasteiger charge is -2.24. The first-order valence-corrected chi connectivity index (χ1v) is 13.2. The van der Waals surface area contributed by atoms with Crippen LogP contribution >= 0.6 is 0 Å². The second-order valence-corrected chi connectivity index (χ2v) is 9.64. The van der Waals surface area contributed by atoms with Crippen molar-refractivity contribution in [3.8, 4) is 0 Å². The molecule has 0 heterocycles. The second kappa shape index (κ2) is 19.6.